The molecule has 20 heavy (non-hydrogen) atoms. The number of aryl methyl sites for hydroxylation is 1. The van der Waals surface area contributed by atoms with Crippen molar-refractivity contribution in [3.05, 3.63) is 12.3 Å². The van der Waals surface area contributed by atoms with Gasteiger partial charge in [-0.05, 0) is 12.8 Å². The summed E-state index contributed by atoms with van der Waals surface area (Å²) in [5.74, 6) is 0.345. The number of likely N-dealkylation sites (tertiary alicyclic amines) is 1. The largest absolute Gasteiger partial charge is 0.389 e. The fourth-order valence-electron chi connectivity index (χ4n) is 2.45. The molecule has 7 nitrogen and oxygen atoms in total. The van der Waals surface area contributed by atoms with E-state index in [-0.39, 0.29) is 12.5 Å². The average Bonchev–Trinajstić information content (AvgIpc) is 2.79. The van der Waals surface area contributed by atoms with Crippen LogP contribution in [0.1, 0.15) is 19.8 Å². The molecule has 1 fully saturated rings. The summed E-state index contributed by atoms with van der Waals surface area (Å²) in [6.45, 7) is 2.94. The minimum atomic E-state index is -1.02. The second kappa shape index (κ2) is 5.90. The molecule has 0 aliphatic carbocycles. The first-order chi connectivity index (χ1) is 9.43. The van der Waals surface area contributed by atoms with Crippen molar-refractivity contribution < 1.29 is 15.0 Å². The van der Waals surface area contributed by atoms with Gasteiger partial charge < -0.3 is 15.5 Å². The number of aromatic nitrogens is 2. The minimum absolute atomic E-state index is 0.169. The van der Waals surface area contributed by atoms with E-state index in [1.165, 1.54) is 0 Å². The molecule has 1 aliphatic heterocycles. The standard InChI is InChI=1S/C13H22N4O3/c1-3-13(20)5-7-17(8-10(13)18)9-12(19)14-11-4-6-16(2)15-11/h4,6,10,18,20H,3,5,7-9H2,1-2H3,(H,14,15,19)/t10-,13-/m0/s1. The Morgan fingerprint density at radius 1 is 1.65 bits per heavy atom. The predicted molar refractivity (Wildman–Crippen MR) is 74.1 cm³/mol. The molecule has 1 aromatic heterocycles. The number of anilines is 1. The van der Waals surface area contributed by atoms with Crippen LogP contribution in [0.4, 0.5) is 5.82 Å². The quantitative estimate of drug-likeness (QED) is 0.697. The number of rotatable bonds is 4. The van der Waals surface area contributed by atoms with Gasteiger partial charge in [-0.25, -0.2) is 0 Å². The molecular weight excluding hydrogens is 260 g/mol. The maximum atomic E-state index is 11.9. The molecule has 0 bridgehead atoms. The van der Waals surface area contributed by atoms with E-state index >= 15 is 0 Å². The lowest BCUT2D eigenvalue weighted by Gasteiger charge is -2.41. The van der Waals surface area contributed by atoms with Crippen molar-refractivity contribution in [3.63, 3.8) is 0 Å². The average molecular weight is 282 g/mol. The third-order valence-electron chi connectivity index (χ3n) is 3.87. The van der Waals surface area contributed by atoms with Gasteiger partial charge >= 0.3 is 0 Å². The van der Waals surface area contributed by atoms with E-state index in [1.54, 1.807) is 24.0 Å². The topological polar surface area (TPSA) is 90.6 Å². The Morgan fingerprint density at radius 2 is 2.40 bits per heavy atom. The molecule has 0 unspecified atom stereocenters. The third-order valence-corrected chi connectivity index (χ3v) is 3.87. The van der Waals surface area contributed by atoms with Crippen molar-refractivity contribution >= 4 is 11.7 Å². The molecular formula is C13H22N4O3. The van der Waals surface area contributed by atoms with Gasteiger partial charge in [-0.1, -0.05) is 6.92 Å². The Bertz CT molecular complexity index is 476. The highest BCUT2D eigenvalue weighted by atomic mass is 16.3. The molecule has 2 heterocycles. The van der Waals surface area contributed by atoms with Crippen LogP contribution < -0.4 is 5.32 Å². The summed E-state index contributed by atoms with van der Waals surface area (Å²) in [6, 6.07) is 1.72. The zero-order valence-corrected chi connectivity index (χ0v) is 11.9. The fraction of sp³-hybridized carbons (Fsp3) is 0.692. The maximum Gasteiger partial charge on any atom is 0.239 e. The smallest absolute Gasteiger partial charge is 0.239 e. The summed E-state index contributed by atoms with van der Waals surface area (Å²) in [5.41, 5.74) is -1.02. The van der Waals surface area contributed by atoms with E-state index in [4.69, 9.17) is 0 Å². The van der Waals surface area contributed by atoms with E-state index in [1.807, 2.05) is 11.8 Å². The van der Waals surface area contributed by atoms with Gasteiger partial charge in [0.25, 0.3) is 0 Å². The van der Waals surface area contributed by atoms with Crippen LogP contribution in [0.3, 0.4) is 0 Å². The minimum Gasteiger partial charge on any atom is -0.389 e. The summed E-state index contributed by atoms with van der Waals surface area (Å²) in [5, 5.41) is 26.9. The van der Waals surface area contributed by atoms with Gasteiger partial charge in [-0.15, -0.1) is 0 Å². The molecule has 3 N–H and O–H groups in total. The first-order valence-corrected chi connectivity index (χ1v) is 6.85. The molecule has 1 aliphatic rings. The summed E-state index contributed by atoms with van der Waals surface area (Å²) in [7, 11) is 1.78. The number of hydrogen-bond donors (Lipinski definition) is 3. The van der Waals surface area contributed by atoms with Crippen LogP contribution in [-0.2, 0) is 11.8 Å². The van der Waals surface area contributed by atoms with Crippen molar-refractivity contribution in [1.82, 2.24) is 14.7 Å². The van der Waals surface area contributed by atoms with Gasteiger partial charge in [-0.3, -0.25) is 14.4 Å². The molecule has 7 heteroatoms. The van der Waals surface area contributed by atoms with Crippen molar-refractivity contribution in [2.75, 3.05) is 25.0 Å². The number of aliphatic hydroxyl groups is 2. The van der Waals surface area contributed by atoms with E-state index in [2.05, 4.69) is 10.4 Å². The molecule has 0 radical (unpaired) electrons. The molecule has 1 aromatic rings. The lowest BCUT2D eigenvalue weighted by Crippen LogP contribution is -2.56. The number of β-amino-alcohol motifs (C(OH)–C–C–N with tert-alkyl or cyclic N) is 1. The van der Waals surface area contributed by atoms with Crippen LogP contribution in [0.5, 0.6) is 0 Å². The number of carbonyl (C=O) groups excluding carboxylic acids is 1. The van der Waals surface area contributed by atoms with E-state index in [0.29, 0.717) is 31.7 Å². The molecule has 0 spiro atoms. The monoisotopic (exact) mass is 282 g/mol. The summed E-state index contributed by atoms with van der Waals surface area (Å²) in [6.07, 6.45) is 1.93. The van der Waals surface area contributed by atoms with Crippen molar-refractivity contribution in [3.8, 4) is 0 Å². The van der Waals surface area contributed by atoms with Gasteiger partial charge in [0.1, 0.15) is 0 Å². The van der Waals surface area contributed by atoms with Gasteiger partial charge in [0.2, 0.25) is 5.91 Å². The van der Waals surface area contributed by atoms with Crippen LogP contribution in [0, 0.1) is 0 Å². The molecule has 0 saturated carbocycles. The normalized spacial score (nSPS) is 27.5. The van der Waals surface area contributed by atoms with Crippen LogP contribution in [0.15, 0.2) is 12.3 Å². The number of carbonyl (C=O) groups is 1. The van der Waals surface area contributed by atoms with Crippen LogP contribution in [-0.4, -0.2) is 62.1 Å². The fourth-order valence-corrected chi connectivity index (χ4v) is 2.45. The van der Waals surface area contributed by atoms with Gasteiger partial charge in [0.05, 0.1) is 18.2 Å². The Morgan fingerprint density at radius 3 is 2.95 bits per heavy atom. The molecule has 2 atom stereocenters. The number of amides is 1. The van der Waals surface area contributed by atoms with Crippen molar-refractivity contribution in [2.24, 2.45) is 7.05 Å². The number of aliphatic hydroxyl groups excluding tert-OH is 1. The molecule has 112 valence electrons. The lowest BCUT2D eigenvalue weighted by molar-refractivity contribution is -0.130. The van der Waals surface area contributed by atoms with Gasteiger partial charge in [0, 0.05) is 32.4 Å². The first-order valence-electron chi connectivity index (χ1n) is 6.85. The van der Waals surface area contributed by atoms with Gasteiger partial charge in [0.15, 0.2) is 5.82 Å². The Balaban J connectivity index is 1.84. The summed E-state index contributed by atoms with van der Waals surface area (Å²) in [4.78, 5) is 13.7. The predicted octanol–water partition coefficient (Wildman–Crippen LogP) is -0.434. The lowest BCUT2D eigenvalue weighted by atomic mass is 9.86. The highest BCUT2D eigenvalue weighted by Crippen LogP contribution is 2.25. The third kappa shape index (κ3) is 3.36. The highest BCUT2D eigenvalue weighted by molar-refractivity contribution is 5.91. The molecule has 1 saturated heterocycles. The second-order valence-corrected chi connectivity index (χ2v) is 5.38. The Labute approximate surface area is 118 Å². The molecule has 1 amide bonds. The zero-order chi connectivity index (χ0) is 14.8. The van der Waals surface area contributed by atoms with Crippen molar-refractivity contribution in [2.45, 2.75) is 31.5 Å². The number of nitrogens with zero attached hydrogens (tertiary/aromatic N) is 3. The molecule has 2 rings (SSSR count). The number of piperidine rings is 1. The van der Waals surface area contributed by atoms with Crippen molar-refractivity contribution in [1.29, 1.82) is 0 Å². The van der Waals surface area contributed by atoms with E-state index in [0.717, 1.165) is 0 Å². The Kier molecular flexibility index (Phi) is 4.42. The van der Waals surface area contributed by atoms with Crippen LogP contribution >= 0.6 is 0 Å². The van der Waals surface area contributed by atoms with Gasteiger partial charge in [-0.2, -0.15) is 5.10 Å². The SMILES string of the molecule is CC[C@]1(O)CCN(CC(=O)Nc2ccn(C)n2)C[C@@H]1O. The Hall–Kier alpha value is -1.44. The maximum absolute atomic E-state index is 11.9. The summed E-state index contributed by atoms with van der Waals surface area (Å²) >= 11 is 0. The highest BCUT2D eigenvalue weighted by Gasteiger charge is 2.39. The molecule has 0 aromatic carbocycles. The number of hydrogen-bond acceptors (Lipinski definition) is 5. The zero-order valence-electron chi connectivity index (χ0n) is 11.9. The van der Waals surface area contributed by atoms with Crippen LogP contribution in [0.2, 0.25) is 0 Å². The number of nitrogens with one attached hydrogen (secondary N) is 1. The first kappa shape index (κ1) is 15.0. The van der Waals surface area contributed by atoms with E-state index < -0.39 is 11.7 Å². The van der Waals surface area contributed by atoms with E-state index in [9.17, 15) is 15.0 Å². The van der Waals surface area contributed by atoms with Crippen LogP contribution in [0.25, 0.3) is 0 Å². The second-order valence-electron chi connectivity index (χ2n) is 5.38. The summed E-state index contributed by atoms with van der Waals surface area (Å²) < 4.78 is 1.61.